The number of benzene rings is 2. The molecule has 2 aliphatic rings. The Balaban J connectivity index is 1.48. The van der Waals surface area contributed by atoms with Crippen LogP contribution in [0, 0.1) is 0 Å². The van der Waals surface area contributed by atoms with E-state index in [1.807, 2.05) is 22.9 Å². The van der Waals surface area contributed by atoms with Crippen LogP contribution in [-0.4, -0.2) is 58.9 Å². The molecule has 150 valence electrons. The first kappa shape index (κ1) is 18.4. The third-order valence-electron chi connectivity index (χ3n) is 6.22. The first-order valence-corrected chi connectivity index (χ1v) is 10.5. The Kier molecular flexibility index (Phi) is 5.08. The van der Waals surface area contributed by atoms with Crippen molar-refractivity contribution in [3.8, 4) is 22.7 Å². The number of fused-ring (bicyclic) bond motifs is 1. The number of hydrogen-bond donors (Lipinski definition) is 0. The zero-order valence-electron chi connectivity index (χ0n) is 17.0. The van der Waals surface area contributed by atoms with E-state index in [1.165, 1.54) is 31.5 Å². The second-order valence-corrected chi connectivity index (χ2v) is 8.08. The topological polar surface area (TPSA) is 33.5 Å². The largest absolute Gasteiger partial charge is 0.497 e. The molecular formula is C24H28N4O. The molecule has 0 N–H and O–H groups in total. The maximum atomic E-state index is 5.45. The van der Waals surface area contributed by atoms with Crippen LogP contribution in [0.4, 0.5) is 0 Å². The Labute approximate surface area is 172 Å². The molecule has 0 saturated carbocycles. The molecule has 2 saturated heterocycles. The van der Waals surface area contributed by atoms with Gasteiger partial charge in [0.1, 0.15) is 5.75 Å². The van der Waals surface area contributed by atoms with E-state index in [2.05, 4.69) is 52.4 Å². The summed E-state index contributed by atoms with van der Waals surface area (Å²) in [5.41, 5.74) is 4.51. The predicted octanol–water partition coefficient (Wildman–Crippen LogP) is 3.83. The zero-order valence-corrected chi connectivity index (χ0v) is 17.0. The van der Waals surface area contributed by atoms with E-state index in [4.69, 9.17) is 9.84 Å². The van der Waals surface area contributed by atoms with Gasteiger partial charge in [-0.1, -0.05) is 30.3 Å². The summed E-state index contributed by atoms with van der Waals surface area (Å²) < 4.78 is 7.46. The molecule has 29 heavy (non-hydrogen) atoms. The van der Waals surface area contributed by atoms with E-state index in [1.54, 1.807) is 7.11 Å². The average molecular weight is 389 g/mol. The van der Waals surface area contributed by atoms with Gasteiger partial charge in [0.2, 0.25) is 0 Å². The molecule has 2 aliphatic heterocycles. The Bertz CT molecular complexity index is 968. The Morgan fingerprint density at radius 2 is 1.93 bits per heavy atom. The first-order chi connectivity index (χ1) is 14.3. The third kappa shape index (κ3) is 3.80. The molecule has 0 aliphatic carbocycles. The highest BCUT2D eigenvalue weighted by Gasteiger charge is 2.31. The van der Waals surface area contributed by atoms with Crippen molar-refractivity contribution in [2.45, 2.75) is 25.4 Å². The summed E-state index contributed by atoms with van der Waals surface area (Å²) in [5, 5.41) is 4.98. The van der Waals surface area contributed by atoms with Gasteiger partial charge in [-0.15, -0.1) is 0 Å². The lowest BCUT2D eigenvalue weighted by Gasteiger charge is -2.37. The van der Waals surface area contributed by atoms with Crippen molar-refractivity contribution in [2.75, 3.05) is 33.3 Å². The van der Waals surface area contributed by atoms with Crippen molar-refractivity contribution in [3.05, 3.63) is 66.4 Å². The number of piperazine rings is 1. The van der Waals surface area contributed by atoms with Crippen molar-refractivity contribution in [3.63, 3.8) is 0 Å². The molecule has 0 spiro atoms. The standard InChI is InChI=1S/C24H28N4O/c1-29-23-11-5-7-19(15-23)24-20(17-28(25-24)21-8-3-2-4-9-21)16-26-13-14-27-12-6-10-22(27)18-26/h2-5,7-9,11,15,17,22H,6,10,12-14,16,18H2,1H3/t22-/m0/s1. The van der Waals surface area contributed by atoms with Gasteiger partial charge >= 0.3 is 0 Å². The predicted molar refractivity (Wildman–Crippen MR) is 115 cm³/mol. The number of hydrogen-bond acceptors (Lipinski definition) is 4. The van der Waals surface area contributed by atoms with Gasteiger partial charge in [-0.2, -0.15) is 5.10 Å². The molecule has 1 atom stereocenters. The average Bonchev–Trinajstić information content (AvgIpc) is 3.41. The van der Waals surface area contributed by atoms with Gasteiger partial charge in [-0.3, -0.25) is 9.80 Å². The molecule has 3 heterocycles. The summed E-state index contributed by atoms with van der Waals surface area (Å²) in [7, 11) is 1.71. The second-order valence-electron chi connectivity index (χ2n) is 8.08. The van der Waals surface area contributed by atoms with Gasteiger partial charge in [0.15, 0.2) is 0 Å². The summed E-state index contributed by atoms with van der Waals surface area (Å²) >= 11 is 0. The number of ether oxygens (including phenoxy) is 1. The molecule has 0 amide bonds. The fourth-order valence-electron chi connectivity index (χ4n) is 4.69. The van der Waals surface area contributed by atoms with Crippen molar-refractivity contribution >= 4 is 0 Å². The fourth-order valence-corrected chi connectivity index (χ4v) is 4.69. The molecule has 0 radical (unpaired) electrons. The fraction of sp³-hybridized carbons (Fsp3) is 0.375. The smallest absolute Gasteiger partial charge is 0.119 e. The minimum Gasteiger partial charge on any atom is -0.497 e. The normalized spacial score (nSPS) is 20.0. The molecule has 5 nitrogen and oxygen atoms in total. The Morgan fingerprint density at radius 1 is 1.03 bits per heavy atom. The van der Waals surface area contributed by atoms with E-state index >= 15 is 0 Å². The Hall–Kier alpha value is -2.63. The van der Waals surface area contributed by atoms with E-state index in [0.29, 0.717) is 0 Å². The SMILES string of the molecule is COc1cccc(-c2nn(-c3ccccc3)cc2CN2CCN3CCC[C@H]3C2)c1. The number of rotatable bonds is 5. The highest BCUT2D eigenvalue weighted by Crippen LogP contribution is 2.29. The third-order valence-corrected chi connectivity index (χ3v) is 6.22. The molecule has 2 fully saturated rings. The monoisotopic (exact) mass is 388 g/mol. The van der Waals surface area contributed by atoms with E-state index in [9.17, 15) is 0 Å². The van der Waals surface area contributed by atoms with Gasteiger partial charge in [0.05, 0.1) is 18.5 Å². The number of para-hydroxylation sites is 1. The minimum atomic E-state index is 0.730. The summed E-state index contributed by atoms with van der Waals surface area (Å²) in [5.74, 6) is 0.863. The number of aromatic nitrogens is 2. The van der Waals surface area contributed by atoms with Crippen molar-refractivity contribution in [1.29, 1.82) is 0 Å². The molecule has 5 rings (SSSR count). The molecule has 3 aromatic rings. The zero-order chi connectivity index (χ0) is 19.6. The van der Waals surface area contributed by atoms with Crippen LogP contribution in [0.1, 0.15) is 18.4 Å². The molecule has 1 aromatic heterocycles. The van der Waals surface area contributed by atoms with Gasteiger partial charge in [0, 0.05) is 49.5 Å². The van der Waals surface area contributed by atoms with Gasteiger partial charge in [-0.05, 0) is 43.7 Å². The van der Waals surface area contributed by atoms with Crippen molar-refractivity contribution in [1.82, 2.24) is 19.6 Å². The van der Waals surface area contributed by atoms with Crippen LogP contribution >= 0.6 is 0 Å². The quantitative estimate of drug-likeness (QED) is 0.665. The van der Waals surface area contributed by atoms with Gasteiger partial charge in [-0.25, -0.2) is 4.68 Å². The van der Waals surface area contributed by atoms with Crippen LogP contribution < -0.4 is 4.74 Å². The van der Waals surface area contributed by atoms with Crippen LogP contribution in [0.15, 0.2) is 60.8 Å². The van der Waals surface area contributed by atoms with Crippen LogP contribution in [0.5, 0.6) is 5.75 Å². The Morgan fingerprint density at radius 3 is 2.79 bits per heavy atom. The van der Waals surface area contributed by atoms with E-state index < -0.39 is 0 Å². The van der Waals surface area contributed by atoms with Crippen LogP contribution in [0.2, 0.25) is 0 Å². The first-order valence-electron chi connectivity index (χ1n) is 10.5. The minimum absolute atomic E-state index is 0.730. The van der Waals surface area contributed by atoms with Crippen LogP contribution in [-0.2, 0) is 6.54 Å². The highest BCUT2D eigenvalue weighted by molar-refractivity contribution is 5.65. The van der Waals surface area contributed by atoms with Gasteiger partial charge < -0.3 is 4.74 Å². The van der Waals surface area contributed by atoms with Crippen LogP contribution in [0.3, 0.4) is 0 Å². The van der Waals surface area contributed by atoms with Crippen molar-refractivity contribution < 1.29 is 4.74 Å². The molecular weight excluding hydrogens is 360 g/mol. The lowest BCUT2D eigenvalue weighted by Crippen LogP contribution is -2.49. The lowest BCUT2D eigenvalue weighted by molar-refractivity contribution is 0.0995. The summed E-state index contributed by atoms with van der Waals surface area (Å²) in [6.07, 6.45) is 4.88. The molecule has 0 bridgehead atoms. The summed E-state index contributed by atoms with van der Waals surface area (Å²) in [6.45, 7) is 5.69. The van der Waals surface area contributed by atoms with Crippen LogP contribution in [0.25, 0.3) is 16.9 Å². The maximum Gasteiger partial charge on any atom is 0.119 e. The second kappa shape index (κ2) is 8.01. The highest BCUT2D eigenvalue weighted by atomic mass is 16.5. The van der Waals surface area contributed by atoms with Crippen molar-refractivity contribution in [2.24, 2.45) is 0 Å². The lowest BCUT2D eigenvalue weighted by atomic mass is 10.1. The summed E-state index contributed by atoms with van der Waals surface area (Å²) in [4.78, 5) is 5.26. The molecule has 2 aromatic carbocycles. The molecule has 0 unspecified atom stereocenters. The van der Waals surface area contributed by atoms with E-state index in [0.717, 1.165) is 48.4 Å². The number of methoxy groups -OCH3 is 1. The molecule has 5 heteroatoms. The van der Waals surface area contributed by atoms with E-state index in [-0.39, 0.29) is 0 Å². The van der Waals surface area contributed by atoms with Gasteiger partial charge in [0.25, 0.3) is 0 Å². The summed E-state index contributed by atoms with van der Waals surface area (Å²) in [6, 6.07) is 19.3. The number of nitrogens with zero attached hydrogens (tertiary/aromatic N) is 4. The maximum absolute atomic E-state index is 5.45.